The van der Waals surface area contributed by atoms with Crippen molar-refractivity contribution in [3.63, 3.8) is 0 Å². The number of hydrogen-bond donors (Lipinski definition) is 2. The van der Waals surface area contributed by atoms with E-state index in [1.807, 2.05) is 24.3 Å². The average molecular weight is 369 g/mol. The second kappa shape index (κ2) is 11.0. The summed E-state index contributed by atoms with van der Waals surface area (Å²) >= 11 is 0. The molecule has 0 saturated carbocycles. The molecule has 0 unspecified atom stereocenters. The molecule has 0 aliphatic heterocycles. The molecule has 0 bridgehead atoms. The molecule has 0 fully saturated rings. The number of nitrogens with one attached hydrogen (secondary N) is 2. The Morgan fingerprint density at radius 2 is 1.81 bits per heavy atom. The molecular formula is C21H27N3O3. The fraction of sp³-hybridized carbons (Fsp3) is 0.381. The lowest BCUT2D eigenvalue weighted by Crippen LogP contribution is -2.28. The molecule has 2 aromatic rings. The van der Waals surface area contributed by atoms with Gasteiger partial charge in [-0.3, -0.25) is 14.6 Å². The van der Waals surface area contributed by atoms with Gasteiger partial charge in [0, 0.05) is 24.8 Å². The van der Waals surface area contributed by atoms with Gasteiger partial charge in [0.1, 0.15) is 11.4 Å². The van der Waals surface area contributed by atoms with E-state index in [0.717, 1.165) is 30.6 Å². The van der Waals surface area contributed by atoms with Gasteiger partial charge < -0.3 is 15.4 Å². The second-order valence-electron chi connectivity index (χ2n) is 6.21. The zero-order valence-corrected chi connectivity index (χ0v) is 16.0. The van der Waals surface area contributed by atoms with Crippen LogP contribution in [0.2, 0.25) is 0 Å². The molecule has 2 N–H and O–H groups in total. The molecule has 2 rings (SSSR count). The van der Waals surface area contributed by atoms with E-state index in [4.69, 9.17) is 4.74 Å². The normalized spacial score (nSPS) is 10.3. The Labute approximate surface area is 160 Å². The van der Waals surface area contributed by atoms with Crippen molar-refractivity contribution in [1.82, 2.24) is 15.6 Å². The number of methoxy groups -OCH3 is 1. The zero-order chi connectivity index (χ0) is 19.5. The zero-order valence-electron chi connectivity index (χ0n) is 16.0. The fourth-order valence-electron chi connectivity index (χ4n) is 2.69. The van der Waals surface area contributed by atoms with Crippen molar-refractivity contribution in [2.45, 2.75) is 32.6 Å². The highest BCUT2D eigenvalue weighted by atomic mass is 16.5. The van der Waals surface area contributed by atoms with Crippen molar-refractivity contribution in [1.29, 1.82) is 0 Å². The SMILES string of the molecule is CCCCCNC(=O)c1cc(C(=O)NCCc2ccccc2OC)ccn1. The molecule has 27 heavy (non-hydrogen) atoms. The van der Waals surface area contributed by atoms with E-state index in [0.29, 0.717) is 25.1 Å². The predicted octanol–water partition coefficient (Wildman–Crippen LogP) is 2.98. The van der Waals surface area contributed by atoms with Gasteiger partial charge in [0.2, 0.25) is 0 Å². The van der Waals surface area contributed by atoms with Crippen LogP contribution in [0.15, 0.2) is 42.6 Å². The van der Waals surface area contributed by atoms with Crippen LogP contribution in [-0.2, 0) is 6.42 Å². The highest BCUT2D eigenvalue weighted by molar-refractivity contribution is 5.98. The number of nitrogens with zero attached hydrogens (tertiary/aromatic N) is 1. The van der Waals surface area contributed by atoms with Crippen LogP contribution in [0.5, 0.6) is 5.75 Å². The first-order valence-electron chi connectivity index (χ1n) is 9.30. The molecule has 6 heteroatoms. The van der Waals surface area contributed by atoms with Gasteiger partial charge in [-0.25, -0.2) is 0 Å². The van der Waals surface area contributed by atoms with Crippen LogP contribution in [0.3, 0.4) is 0 Å². The third-order valence-corrected chi connectivity index (χ3v) is 4.19. The van der Waals surface area contributed by atoms with Crippen molar-refractivity contribution in [2.24, 2.45) is 0 Å². The molecular weight excluding hydrogens is 342 g/mol. The molecule has 0 spiro atoms. The number of carbonyl (C=O) groups is 2. The Morgan fingerprint density at radius 1 is 1.04 bits per heavy atom. The van der Waals surface area contributed by atoms with Crippen molar-refractivity contribution in [2.75, 3.05) is 20.2 Å². The van der Waals surface area contributed by atoms with Crippen LogP contribution in [0.4, 0.5) is 0 Å². The van der Waals surface area contributed by atoms with E-state index in [-0.39, 0.29) is 17.5 Å². The Kier molecular flexibility index (Phi) is 8.29. The highest BCUT2D eigenvalue weighted by Gasteiger charge is 2.11. The molecule has 1 aromatic heterocycles. The summed E-state index contributed by atoms with van der Waals surface area (Å²) in [6.45, 7) is 3.20. The maximum atomic E-state index is 12.4. The lowest BCUT2D eigenvalue weighted by Gasteiger charge is -2.09. The summed E-state index contributed by atoms with van der Waals surface area (Å²) in [5.41, 5.74) is 1.70. The summed E-state index contributed by atoms with van der Waals surface area (Å²) in [7, 11) is 1.63. The number of para-hydroxylation sites is 1. The Bertz CT molecular complexity index is 762. The number of pyridine rings is 1. The Balaban J connectivity index is 1.88. The number of rotatable bonds is 10. The minimum absolute atomic E-state index is 0.229. The third-order valence-electron chi connectivity index (χ3n) is 4.19. The summed E-state index contributed by atoms with van der Waals surface area (Å²) in [5.74, 6) is 0.319. The quantitative estimate of drug-likeness (QED) is 0.631. The summed E-state index contributed by atoms with van der Waals surface area (Å²) in [5, 5.41) is 5.70. The number of ether oxygens (including phenoxy) is 1. The van der Waals surface area contributed by atoms with Crippen LogP contribution >= 0.6 is 0 Å². The van der Waals surface area contributed by atoms with Gasteiger partial charge in [-0.1, -0.05) is 38.0 Å². The molecule has 1 heterocycles. The monoisotopic (exact) mass is 369 g/mol. The first kappa shape index (κ1) is 20.4. The highest BCUT2D eigenvalue weighted by Crippen LogP contribution is 2.17. The van der Waals surface area contributed by atoms with E-state index in [1.54, 1.807) is 13.2 Å². The Hall–Kier alpha value is -2.89. The van der Waals surface area contributed by atoms with Crippen LogP contribution in [0.25, 0.3) is 0 Å². The van der Waals surface area contributed by atoms with Gasteiger partial charge in [-0.15, -0.1) is 0 Å². The van der Waals surface area contributed by atoms with E-state index >= 15 is 0 Å². The van der Waals surface area contributed by atoms with Crippen molar-refractivity contribution in [3.8, 4) is 5.75 Å². The van der Waals surface area contributed by atoms with Crippen LogP contribution < -0.4 is 15.4 Å². The van der Waals surface area contributed by atoms with Crippen molar-refractivity contribution >= 4 is 11.8 Å². The topological polar surface area (TPSA) is 80.3 Å². The second-order valence-corrected chi connectivity index (χ2v) is 6.21. The largest absolute Gasteiger partial charge is 0.496 e. The maximum absolute atomic E-state index is 12.4. The number of aromatic nitrogens is 1. The first-order chi connectivity index (χ1) is 13.2. The van der Waals surface area contributed by atoms with Gasteiger partial charge in [-0.05, 0) is 36.6 Å². The standard InChI is InChI=1S/C21H27N3O3/c1-3-4-7-12-23-21(26)18-15-17(11-13-22-18)20(25)24-14-10-16-8-5-6-9-19(16)27-2/h5-6,8-9,11,13,15H,3-4,7,10,12,14H2,1-2H3,(H,23,26)(H,24,25). The average Bonchev–Trinajstić information content (AvgIpc) is 2.71. The smallest absolute Gasteiger partial charge is 0.269 e. The van der Waals surface area contributed by atoms with Gasteiger partial charge in [0.25, 0.3) is 11.8 Å². The Morgan fingerprint density at radius 3 is 2.59 bits per heavy atom. The molecule has 0 atom stereocenters. The molecule has 144 valence electrons. The predicted molar refractivity (Wildman–Crippen MR) is 105 cm³/mol. The number of hydrogen-bond acceptors (Lipinski definition) is 4. The van der Waals surface area contributed by atoms with Gasteiger partial charge in [-0.2, -0.15) is 0 Å². The summed E-state index contributed by atoms with van der Waals surface area (Å²) in [4.78, 5) is 28.6. The lowest BCUT2D eigenvalue weighted by molar-refractivity contribution is 0.0948. The summed E-state index contributed by atoms with van der Waals surface area (Å²) in [6.07, 6.45) is 5.24. The molecule has 0 aliphatic carbocycles. The number of benzene rings is 1. The molecule has 0 saturated heterocycles. The van der Waals surface area contributed by atoms with Crippen LogP contribution in [-0.4, -0.2) is 37.0 Å². The molecule has 1 aromatic carbocycles. The number of carbonyl (C=O) groups excluding carboxylic acids is 2. The molecule has 2 amide bonds. The van der Waals surface area contributed by atoms with Gasteiger partial charge in [0.05, 0.1) is 7.11 Å². The van der Waals surface area contributed by atoms with Gasteiger partial charge >= 0.3 is 0 Å². The van der Waals surface area contributed by atoms with Crippen LogP contribution in [0.1, 0.15) is 52.6 Å². The maximum Gasteiger partial charge on any atom is 0.269 e. The molecule has 0 radical (unpaired) electrons. The summed E-state index contributed by atoms with van der Waals surface area (Å²) in [6, 6.07) is 10.8. The summed E-state index contributed by atoms with van der Waals surface area (Å²) < 4.78 is 5.31. The van der Waals surface area contributed by atoms with E-state index in [9.17, 15) is 9.59 Å². The molecule has 0 aliphatic rings. The van der Waals surface area contributed by atoms with E-state index in [2.05, 4.69) is 22.5 Å². The first-order valence-corrected chi connectivity index (χ1v) is 9.30. The number of amides is 2. The minimum Gasteiger partial charge on any atom is -0.496 e. The number of unbranched alkanes of at least 4 members (excludes halogenated alkanes) is 2. The lowest BCUT2D eigenvalue weighted by atomic mass is 10.1. The van der Waals surface area contributed by atoms with E-state index < -0.39 is 0 Å². The van der Waals surface area contributed by atoms with E-state index in [1.165, 1.54) is 12.3 Å². The molecule has 6 nitrogen and oxygen atoms in total. The third kappa shape index (κ3) is 6.40. The minimum atomic E-state index is -0.255. The van der Waals surface area contributed by atoms with Crippen molar-refractivity contribution in [3.05, 3.63) is 59.4 Å². The van der Waals surface area contributed by atoms with Gasteiger partial charge in [0.15, 0.2) is 0 Å². The van der Waals surface area contributed by atoms with Crippen molar-refractivity contribution < 1.29 is 14.3 Å². The fourth-order valence-corrected chi connectivity index (χ4v) is 2.69. The van der Waals surface area contributed by atoms with Crippen LogP contribution in [0, 0.1) is 0 Å².